The highest BCUT2D eigenvalue weighted by atomic mass is 32.2. The minimum Gasteiger partial charge on any atom is -0.468 e. The lowest BCUT2D eigenvalue weighted by molar-refractivity contribution is -0.152. The monoisotopic (exact) mass is 251 g/mol. The van der Waals surface area contributed by atoms with Crippen LogP contribution in [0.3, 0.4) is 0 Å². The lowest BCUT2D eigenvalue weighted by Gasteiger charge is -2.22. The second kappa shape index (κ2) is 4.50. The number of carbonyl (C=O) groups is 1. The SMILES string of the molecule is C=CS(=O)(=O)N1CCC(CF)(C(=O)OC)C1. The van der Waals surface area contributed by atoms with Gasteiger partial charge >= 0.3 is 5.97 Å². The van der Waals surface area contributed by atoms with Crippen molar-refractivity contribution in [1.29, 1.82) is 0 Å². The Kier molecular flexibility index (Phi) is 3.69. The summed E-state index contributed by atoms with van der Waals surface area (Å²) in [6.45, 7) is 2.16. The summed E-state index contributed by atoms with van der Waals surface area (Å²) in [6, 6.07) is 0. The van der Waals surface area contributed by atoms with Crippen LogP contribution >= 0.6 is 0 Å². The third-order valence-electron chi connectivity index (χ3n) is 2.76. The van der Waals surface area contributed by atoms with Gasteiger partial charge in [0.05, 0.1) is 7.11 Å². The Bertz CT molecular complexity index is 394. The summed E-state index contributed by atoms with van der Waals surface area (Å²) >= 11 is 0. The van der Waals surface area contributed by atoms with Gasteiger partial charge in [-0.2, -0.15) is 4.31 Å². The van der Waals surface area contributed by atoms with Crippen molar-refractivity contribution in [3.63, 3.8) is 0 Å². The van der Waals surface area contributed by atoms with E-state index in [-0.39, 0.29) is 19.5 Å². The first-order valence-electron chi connectivity index (χ1n) is 4.69. The maximum atomic E-state index is 12.9. The van der Waals surface area contributed by atoms with Gasteiger partial charge in [0.2, 0.25) is 10.0 Å². The van der Waals surface area contributed by atoms with Crippen molar-refractivity contribution < 1.29 is 22.3 Å². The van der Waals surface area contributed by atoms with Crippen LogP contribution < -0.4 is 0 Å². The van der Waals surface area contributed by atoms with Crippen molar-refractivity contribution in [3.05, 3.63) is 12.0 Å². The highest BCUT2D eigenvalue weighted by molar-refractivity contribution is 7.92. The molecule has 7 heteroatoms. The van der Waals surface area contributed by atoms with Crippen molar-refractivity contribution in [2.24, 2.45) is 5.41 Å². The molecule has 1 unspecified atom stereocenters. The second-order valence-electron chi connectivity index (χ2n) is 3.70. The first-order chi connectivity index (χ1) is 7.41. The molecule has 1 atom stereocenters. The molecule has 0 radical (unpaired) electrons. The molecule has 0 aromatic heterocycles. The quantitative estimate of drug-likeness (QED) is 0.674. The molecule has 0 spiro atoms. The van der Waals surface area contributed by atoms with E-state index in [2.05, 4.69) is 11.3 Å². The summed E-state index contributed by atoms with van der Waals surface area (Å²) in [5.74, 6) is -0.711. The molecule has 0 aromatic rings. The molecule has 0 aliphatic carbocycles. The maximum absolute atomic E-state index is 12.9. The van der Waals surface area contributed by atoms with Crippen LogP contribution in [-0.4, -0.2) is 45.6 Å². The van der Waals surface area contributed by atoms with Crippen LogP contribution in [0, 0.1) is 5.41 Å². The van der Waals surface area contributed by atoms with E-state index in [1.165, 1.54) is 0 Å². The highest BCUT2D eigenvalue weighted by Gasteiger charge is 2.48. The molecule has 1 rings (SSSR count). The fraction of sp³-hybridized carbons (Fsp3) is 0.667. The Morgan fingerprint density at radius 2 is 2.31 bits per heavy atom. The third-order valence-corrected chi connectivity index (χ3v) is 4.22. The number of esters is 1. The van der Waals surface area contributed by atoms with E-state index >= 15 is 0 Å². The van der Waals surface area contributed by atoms with Gasteiger partial charge < -0.3 is 4.74 Å². The number of hydrogen-bond acceptors (Lipinski definition) is 4. The number of methoxy groups -OCH3 is 1. The van der Waals surface area contributed by atoms with Crippen LogP contribution in [0.4, 0.5) is 4.39 Å². The standard InChI is InChI=1S/C9H14FNO4S/c1-3-16(13,14)11-5-4-9(6-10,7-11)8(12)15-2/h3H,1,4-7H2,2H3. The number of sulfonamides is 1. The van der Waals surface area contributed by atoms with Crippen LogP contribution in [0.15, 0.2) is 12.0 Å². The van der Waals surface area contributed by atoms with Crippen molar-refractivity contribution in [2.45, 2.75) is 6.42 Å². The molecule has 1 heterocycles. The molecule has 1 fully saturated rings. The predicted octanol–water partition coefficient (Wildman–Crippen LogP) is 0.294. The Labute approximate surface area is 93.9 Å². The average Bonchev–Trinajstić information content (AvgIpc) is 2.74. The number of hydrogen-bond donors (Lipinski definition) is 0. The molecule has 0 aromatic carbocycles. The van der Waals surface area contributed by atoms with Crippen molar-refractivity contribution in [1.82, 2.24) is 4.31 Å². The Morgan fingerprint density at radius 3 is 2.75 bits per heavy atom. The molecular weight excluding hydrogens is 237 g/mol. The Balaban J connectivity index is 2.92. The van der Waals surface area contributed by atoms with Crippen molar-refractivity contribution in [3.8, 4) is 0 Å². The normalized spacial score (nSPS) is 26.6. The second-order valence-corrected chi connectivity index (χ2v) is 5.58. The van der Waals surface area contributed by atoms with Gasteiger partial charge in [0.25, 0.3) is 0 Å². The number of rotatable bonds is 4. The molecule has 0 N–H and O–H groups in total. The number of ether oxygens (including phenoxy) is 1. The minimum absolute atomic E-state index is 0.105. The Hall–Kier alpha value is -0.950. The first-order valence-corrected chi connectivity index (χ1v) is 6.19. The fourth-order valence-electron chi connectivity index (χ4n) is 1.70. The van der Waals surface area contributed by atoms with Crippen LogP contribution in [0.5, 0.6) is 0 Å². The molecular formula is C9H14FNO4S. The van der Waals surface area contributed by atoms with Gasteiger partial charge in [-0.15, -0.1) is 0 Å². The van der Waals surface area contributed by atoms with Gasteiger partial charge in [0.1, 0.15) is 12.1 Å². The Morgan fingerprint density at radius 1 is 1.69 bits per heavy atom. The lowest BCUT2D eigenvalue weighted by atomic mass is 9.89. The fourth-order valence-corrected chi connectivity index (χ4v) is 2.69. The van der Waals surface area contributed by atoms with Gasteiger partial charge in [0.15, 0.2) is 0 Å². The highest BCUT2D eigenvalue weighted by Crippen LogP contribution is 2.34. The number of carbonyl (C=O) groups excluding carboxylic acids is 1. The zero-order chi connectivity index (χ0) is 12.4. The number of nitrogens with zero attached hydrogens (tertiary/aromatic N) is 1. The largest absolute Gasteiger partial charge is 0.468 e. The first kappa shape index (κ1) is 13.1. The van der Waals surface area contributed by atoms with Gasteiger partial charge in [-0.1, -0.05) is 6.58 Å². The topological polar surface area (TPSA) is 63.7 Å². The van der Waals surface area contributed by atoms with E-state index in [4.69, 9.17) is 0 Å². The van der Waals surface area contributed by atoms with E-state index < -0.39 is 28.1 Å². The minimum atomic E-state index is -3.60. The molecule has 92 valence electrons. The van der Waals surface area contributed by atoms with E-state index in [9.17, 15) is 17.6 Å². The maximum Gasteiger partial charge on any atom is 0.315 e. The van der Waals surface area contributed by atoms with Crippen LogP contribution in [0.25, 0.3) is 0 Å². The summed E-state index contributed by atoms with van der Waals surface area (Å²) in [5, 5.41) is 0.790. The van der Waals surface area contributed by atoms with Gasteiger partial charge in [-0.05, 0) is 6.42 Å². The van der Waals surface area contributed by atoms with E-state index in [1.807, 2.05) is 0 Å². The van der Waals surface area contributed by atoms with Crippen LogP contribution in [-0.2, 0) is 19.6 Å². The molecule has 1 aliphatic heterocycles. The zero-order valence-electron chi connectivity index (χ0n) is 8.98. The van der Waals surface area contributed by atoms with Crippen molar-refractivity contribution in [2.75, 3.05) is 26.9 Å². The van der Waals surface area contributed by atoms with Gasteiger partial charge in [-0.25, -0.2) is 12.8 Å². The van der Waals surface area contributed by atoms with E-state index in [1.54, 1.807) is 0 Å². The summed E-state index contributed by atoms with van der Waals surface area (Å²) in [5.41, 5.74) is -1.36. The molecule has 0 bridgehead atoms. The van der Waals surface area contributed by atoms with Crippen LogP contribution in [0.2, 0.25) is 0 Å². The average molecular weight is 251 g/mol. The summed E-state index contributed by atoms with van der Waals surface area (Å²) < 4.78 is 41.3. The molecule has 1 saturated heterocycles. The molecule has 5 nitrogen and oxygen atoms in total. The third kappa shape index (κ3) is 2.10. The van der Waals surface area contributed by atoms with Gasteiger partial charge in [0, 0.05) is 18.5 Å². The van der Waals surface area contributed by atoms with E-state index in [0.29, 0.717) is 0 Å². The van der Waals surface area contributed by atoms with E-state index in [0.717, 1.165) is 16.8 Å². The summed E-state index contributed by atoms with van der Waals surface area (Å²) in [4.78, 5) is 11.4. The van der Waals surface area contributed by atoms with Crippen LogP contribution in [0.1, 0.15) is 6.42 Å². The predicted molar refractivity (Wildman–Crippen MR) is 55.7 cm³/mol. The summed E-state index contributed by atoms with van der Waals surface area (Å²) in [6.07, 6.45) is 0.128. The molecule has 0 amide bonds. The zero-order valence-corrected chi connectivity index (χ0v) is 9.80. The van der Waals surface area contributed by atoms with Crippen molar-refractivity contribution >= 4 is 16.0 Å². The smallest absolute Gasteiger partial charge is 0.315 e. The molecule has 0 saturated carbocycles. The lowest BCUT2D eigenvalue weighted by Crippen LogP contribution is -2.38. The number of alkyl halides is 1. The number of halogens is 1. The van der Waals surface area contributed by atoms with Gasteiger partial charge in [-0.3, -0.25) is 4.79 Å². The molecule has 1 aliphatic rings. The molecule has 16 heavy (non-hydrogen) atoms. The summed E-state index contributed by atoms with van der Waals surface area (Å²) in [7, 11) is -2.44.